The summed E-state index contributed by atoms with van der Waals surface area (Å²) in [6.45, 7) is 6.02. The Morgan fingerprint density at radius 2 is 2.32 bits per heavy atom. The van der Waals surface area contributed by atoms with Crippen LogP contribution in [0.2, 0.25) is 0 Å². The van der Waals surface area contributed by atoms with Gasteiger partial charge in [0.15, 0.2) is 6.61 Å². The van der Waals surface area contributed by atoms with Crippen LogP contribution < -0.4 is 15.4 Å². The molecule has 4 nitrogen and oxygen atoms in total. The van der Waals surface area contributed by atoms with Crippen LogP contribution in [0.4, 0.5) is 0 Å². The molecule has 1 heterocycles. The first-order valence-corrected chi connectivity index (χ1v) is 6.85. The number of piperidine rings is 1. The Kier molecular flexibility index (Phi) is 4.80. The largest absolute Gasteiger partial charge is 0.484 e. The van der Waals surface area contributed by atoms with Gasteiger partial charge in [-0.15, -0.1) is 0 Å². The van der Waals surface area contributed by atoms with Gasteiger partial charge in [-0.1, -0.05) is 17.7 Å². The third-order valence-corrected chi connectivity index (χ3v) is 3.35. The molecule has 2 rings (SSSR count). The van der Waals surface area contributed by atoms with E-state index in [1.165, 1.54) is 5.56 Å². The smallest absolute Gasteiger partial charge is 0.258 e. The Labute approximate surface area is 114 Å². The molecule has 1 aromatic carbocycles. The quantitative estimate of drug-likeness (QED) is 0.865. The molecule has 1 aliphatic rings. The summed E-state index contributed by atoms with van der Waals surface area (Å²) in [5.41, 5.74) is 2.26. The van der Waals surface area contributed by atoms with Crippen molar-refractivity contribution >= 4 is 5.91 Å². The minimum Gasteiger partial charge on any atom is -0.484 e. The van der Waals surface area contributed by atoms with Crippen molar-refractivity contribution in [2.75, 3.05) is 19.7 Å². The number of amides is 1. The number of carbonyl (C=O) groups is 1. The van der Waals surface area contributed by atoms with Crippen LogP contribution in [0.5, 0.6) is 5.75 Å². The van der Waals surface area contributed by atoms with Gasteiger partial charge < -0.3 is 15.4 Å². The van der Waals surface area contributed by atoms with Gasteiger partial charge >= 0.3 is 0 Å². The lowest BCUT2D eigenvalue weighted by atomic mass is 10.1. The maximum Gasteiger partial charge on any atom is 0.258 e. The van der Waals surface area contributed by atoms with Crippen molar-refractivity contribution in [3.8, 4) is 5.75 Å². The second-order valence-electron chi connectivity index (χ2n) is 5.17. The van der Waals surface area contributed by atoms with Gasteiger partial charge in [0.2, 0.25) is 0 Å². The molecule has 104 valence electrons. The molecule has 0 spiro atoms. The summed E-state index contributed by atoms with van der Waals surface area (Å²) >= 11 is 0. The molecule has 1 atom stereocenters. The number of carbonyl (C=O) groups excluding carboxylic acids is 1. The molecule has 0 saturated carbocycles. The highest BCUT2D eigenvalue weighted by atomic mass is 16.5. The van der Waals surface area contributed by atoms with Crippen LogP contribution in [0.25, 0.3) is 0 Å². The second kappa shape index (κ2) is 6.57. The van der Waals surface area contributed by atoms with Gasteiger partial charge in [-0.2, -0.15) is 0 Å². The predicted molar refractivity (Wildman–Crippen MR) is 75.4 cm³/mol. The number of nitrogens with one attached hydrogen (secondary N) is 2. The molecule has 1 aromatic rings. The van der Waals surface area contributed by atoms with E-state index in [-0.39, 0.29) is 18.6 Å². The highest BCUT2D eigenvalue weighted by molar-refractivity contribution is 5.77. The van der Waals surface area contributed by atoms with Crippen LogP contribution in [0.15, 0.2) is 18.2 Å². The first-order chi connectivity index (χ1) is 9.15. The van der Waals surface area contributed by atoms with Crippen molar-refractivity contribution in [1.29, 1.82) is 0 Å². The van der Waals surface area contributed by atoms with E-state index in [0.29, 0.717) is 0 Å². The van der Waals surface area contributed by atoms with Crippen LogP contribution in [0.1, 0.15) is 24.0 Å². The van der Waals surface area contributed by atoms with Gasteiger partial charge in [0.1, 0.15) is 5.75 Å². The first kappa shape index (κ1) is 13.9. The van der Waals surface area contributed by atoms with E-state index in [4.69, 9.17) is 4.74 Å². The van der Waals surface area contributed by atoms with E-state index >= 15 is 0 Å². The highest BCUT2D eigenvalue weighted by Gasteiger charge is 2.15. The summed E-state index contributed by atoms with van der Waals surface area (Å²) in [6, 6.07) is 6.20. The Morgan fingerprint density at radius 1 is 1.47 bits per heavy atom. The summed E-state index contributed by atoms with van der Waals surface area (Å²) in [7, 11) is 0. The minimum absolute atomic E-state index is 0.0475. The van der Waals surface area contributed by atoms with E-state index in [1.54, 1.807) is 0 Å². The van der Waals surface area contributed by atoms with Crippen molar-refractivity contribution in [3.63, 3.8) is 0 Å². The third kappa shape index (κ3) is 4.24. The normalized spacial score (nSPS) is 18.9. The van der Waals surface area contributed by atoms with E-state index in [0.717, 1.165) is 37.2 Å². The summed E-state index contributed by atoms with van der Waals surface area (Å²) in [4.78, 5) is 11.8. The number of benzene rings is 1. The molecular weight excluding hydrogens is 240 g/mol. The molecule has 4 heteroatoms. The molecule has 0 radical (unpaired) electrons. The fraction of sp³-hybridized carbons (Fsp3) is 0.533. The number of ether oxygens (including phenoxy) is 1. The van der Waals surface area contributed by atoms with Crippen molar-refractivity contribution < 1.29 is 9.53 Å². The molecule has 0 unspecified atom stereocenters. The lowest BCUT2D eigenvalue weighted by Gasteiger charge is -2.23. The molecule has 19 heavy (non-hydrogen) atoms. The van der Waals surface area contributed by atoms with Crippen LogP contribution in [-0.4, -0.2) is 31.6 Å². The maximum atomic E-state index is 11.8. The van der Waals surface area contributed by atoms with Crippen molar-refractivity contribution in [2.45, 2.75) is 32.7 Å². The van der Waals surface area contributed by atoms with Crippen LogP contribution in [0, 0.1) is 13.8 Å². The molecule has 1 amide bonds. The SMILES string of the molecule is Cc1ccc(OCC(=O)N[C@H]2CCCNC2)c(C)c1. The maximum absolute atomic E-state index is 11.8. The summed E-state index contributed by atoms with van der Waals surface area (Å²) in [5.74, 6) is 0.733. The molecule has 1 saturated heterocycles. The number of rotatable bonds is 4. The Balaban J connectivity index is 1.79. The van der Waals surface area contributed by atoms with Gasteiger partial charge in [0, 0.05) is 12.6 Å². The monoisotopic (exact) mass is 262 g/mol. The summed E-state index contributed by atoms with van der Waals surface area (Å²) < 4.78 is 5.56. The van der Waals surface area contributed by atoms with Crippen LogP contribution in [0.3, 0.4) is 0 Å². The molecule has 0 aromatic heterocycles. The van der Waals surface area contributed by atoms with Gasteiger partial charge in [-0.05, 0) is 44.9 Å². The number of hydrogen-bond acceptors (Lipinski definition) is 3. The first-order valence-electron chi connectivity index (χ1n) is 6.85. The van der Waals surface area contributed by atoms with E-state index in [2.05, 4.69) is 16.7 Å². The van der Waals surface area contributed by atoms with Gasteiger partial charge in [0.25, 0.3) is 5.91 Å². The third-order valence-electron chi connectivity index (χ3n) is 3.35. The zero-order valence-corrected chi connectivity index (χ0v) is 11.7. The van der Waals surface area contributed by atoms with E-state index in [9.17, 15) is 4.79 Å². The fourth-order valence-electron chi connectivity index (χ4n) is 2.35. The lowest BCUT2D eigenvalue weighted by Crippen LogP contribution is -2.47. The Bertz CT molecular complexity index is 440. The summed E-state index contributed by atoms with van der Waals surface area (Å²) in [5, 5.41) is 6.27. The topological polar surface area (TPSA) is 50.4 Å². The molecular formula is C15H22N2O2. The second-order valence-corrected chi connectivity index (χ2v) is 5.17. The van der Waals surface area contributed by atoms with Gasteiger partial charge in [-0.25, -0.2) is 0 Å². The Hall–Kier alpha value is -1.55. The van der Waals surface area contributed by atoms with Crippen molar-refractivity contribution in [3.05, 3.63) is 29.3 Å². The predicted octanol–water partition coefficient (Wildman–Crippen LogP) is 1.55. The molecule has 2 N–H and O–H groups in total. The fourth-order valence-corrected chi connectivity index (χ4v) is 2.35. The highest BCUT2D eigenvalue weighted by Crippen LogP contribution is 2.18. The summed E-state index contributed by atoms with van der Waals surface area (Å²) in [6.07, 6.45) is 2.16. The van der Waals surface area contributed by atoms with Gasteiger partial charge in [0.05, 0.1) is 0 Å². The van der Waals surface area contributed by atoms with Crippen molar-refractivity contribution in [2.24, 2.45) is 0 Å². The number of aryl methyl sites for hydroxylation is 2. The zero-order valence-electron chi connectivity index (χ0n) is 11.7. The zero-order chi connectivity index (χ0) is 13.7. The average Bonchev–Trinajstić information content (AvgIpc) is 2.39. The standard InChI is InChI=1S/C15H22N2O2/c1-11-5-6-14(12(2)8-11)19-10-15(18)17-13-4-3-7-16-9-13/h5-6,8,13,16H,3-4,7,9-10H2,1-2H3,(H,17,18)/t13-/m0/s1. The van der Waals surface area contributed by atoms with Crippen molar-refractivity contribution in [1.82, 2.24) is 10.6 Å². The number of hydrogen-bond donors (Lipinski definition) is 2. The lowest BCUT2D eigenvalue weighted by molar-refractivity contribution is -0.123. The van der Waals surface area contributed by atoms with Gasteiger partial charge in [-0.3, -0.25) is 4.79 Å². The van der Waals surface area contributed by atoms with Crippen LogP contribution in [-0.2, 0) is 4.79 Å². The molecule has 0 aliphatic carbocycles. The molecule has 0 bridgehead atoms. The van der Waals surface area contributed by atoms with E-state index < -0.39 is 0 Å². The molecule has 1 aliphatic heterocycles. The van der Waals surface area contributed by atoms with Crippen LogP contribution >= 0.6 is 0 Å². The molecule has 1 fully saturated rings. The Morgan fingerprint density at radius 3 is 3.00 bits per heavy atom. The van der Waals surface area contributed by atoms with E-state index in [1.807, 2.05) is 26.0 Å². The minimum atomic E-state index is -0.0475. The average molecular weight is 262 g/mol.